The molecule has 0 bridgehead atoms. The summed E-state index contributed by atoms with van der Waals surface area (Å²) < 4.78 is 10.1. The van der Waals surface area contributed by atoms with Gasteiger partial charge in [-0.1, -0.05) is 16.9 Å². The number of thioether (sulfide) groups is 1. The van der Waals surface area contributed by atoms with E-state index in [1.165, 1.54) is 17.9 Å². The van der Waals surface area contributed by atoms with Crippen LogP contribution in [-0.2, 0) is 5.75 Å². The zero-order valence-corrected chi connectivity index (χ0v) is 11.7. The first-order valence-corrected chi connectivity index (χ1v) is 7.04. The summed E-state index contributed by atoms with van der Waals surface area (Å²) in [5.74, 6) is 1.50. The highest BCUT2D eigenvalue weighted by molar-refractivity contribution is 8.00. The second-order valence-electron chi connectivity index (χ2n) is 3.51. The zero-order valence-electron chi connectivity index (χ0n) is 10.1. The van der Waals surface area contributed by atoms with E-state index in [1.54, 1.807) is 31.0 Å². The molecule has 0 saturated carbocycles. The largest absolute Gasteiger partial charge is 0.496 e. The number of ether oxygens (including phenoxy) is 1. The van der Waals surface area contributed by atoms with Crippen molar-refractivity contribution < 1.29 is 9.94 Å². The van der Waals surface area contributed by atoms with Crippen molar-refractivity contribution in [3.8, 4) is 5.75 Å². The van der Waals surface area contributed by atoms with Crippen LogP contribution in [0, 0.1) is 0 Å². The van der Waals surface area contributed by atoms with Gasteiger partial charge in [-0.2, -0.15) is 4.37 Å². The molecule has 0 aliphatic carbocycles. The van der Waals surface area contributed by atoms with Gasteiger partial charge in [0.05, 0.1) is 7.11 Å². The Bertz CT molecular complexity index is 572. The van der Waals surface area contributed by atoms with Crippen molar-refractivity contribution in [2.75, 3.05) is 7.11 Å². The molecule has 19 heavy (non-hydrogen) atoms. The molecule has 6 nitrogen and oxygen atoms in total. The summed E-state index contributed by atoms with van der Waals surface area (Å²) in [6.07, 6.45) is 1.52. The fraction of sp³-hybridized carbons (Fsp3) is 0.182. The van der Waals surface area contributed by atoms with Gasteiger partial charge in [0.1, 0.15) is 12.1 Å². The minimum atomic E-state index is 0.0739. The van der Waals surface area contributed by atoms with E-state index in [4.69, 9.17) is 15.7 Å². The van der Waals surface area contributed by atoms with Gasteiger partial charge in [0.2, 0.25) is 0 Å². The number of hydrogen-bond acceptors (Lipinski definition) is 7. The van der Waals surface area contributed by atoms with E-state index in [2.05, 4.69) is 14.5 Å². The van der Waals surface area contributed by atoms with E-state index >= 15 is 0 Å². The number of aromatic nitrogens is 2. The lowest BCUT2D eigenvalue weighted by molar-refractivity contribution is 0.318. The second-order valence-corrected chi connectivity index (χ2v) is 5.51. The third-order valence-corrected chi connectivity index (χ3v) is 4.22. The molecule has 0 saturated heterocycles. The van der Waals surface area contributed by atoms with Crippen LogP contribution in [0.4, 0.5) is 0 Å². The topological polar surface area (TPSA) is 93.6 Å². The van der Waals surface area contributed by atoms with E-state index in [-0.39, 0.29) is 5.84 Å². The molecule has 0 fully saturated rings. The van der Waals surface area contributed by atoms with Gasteiger partial charge in [0.15, 0.2) is 10.2 Å². The molecule has 1 aromatic carbocycles. The SMILES string of the molecule is COc1ccc(/C(N)=N/O)cc1CSc1ncns1. The third kappa shape index (κ3) is 3.36. The molecule has 1 heterocycles. The van der Waals surface area contributed by atoms with Gasteiger partial charge >= 0.3 is 0 Å². The molecule has 0 spiro atoms. The Morgan fingerprint density at radius 2 is 2.42 bits per heavy atom. The Kier molecular flexibility index (Phi) is 4.58. The summed E-state index contributed by atoms with van der Waals surface area (Å²) in [7, 11) is 1.61. The molecule has 0 radical (unpaired) electrons. The number of rotatable bonds is 5. The van der Waals surface area contributed by atoms with Gasteiger partial charge in [-0.3, -0.25) is 0 Å². The lowest BCUT2D eigenvalue weighted by atomic mass is 10.1. The monoisotopic (exact) mass is 296 g/mol. The highest BCUT2D eigenvalue weighted by atomic mass is 32.2. The Morgan fingerprint density at radius 1 is 1.58 bits per heavy atom. The minimum absolute atomic E-state index is 0.0739. The quantitative estimate of drug-likeness (QED) is 0.288. The van der Waals surface area contributed by atoms with Gasteiger partial charge < -0.3 is 15.7 Å². The van der Waals surface area contributed by atoms with Crippen molar-refractivity contribution in [2.45, 2.75) is 10.1 Å². The average molecular weight is 296 g/mol. The maximum atomic E-state index is 8.70. The molecular weight excluding hydrogens is 284 g/mol. The van der Waals surface area contributed by atoms with Crippen molar-refractivity contribution in [2.24, 2.45) is 10.9 Å². The Labute approximate surface area is 118 Å². The van der Waals surface area contributed by atoms with E-state index in [1.807, 2.05) is 6.07 Å². The molecule has 3 N–H and O–H groups in total. The summed E-state index contributed by atoms with van der Waals surface area (Å²) >= 11 is 2.90. The summed E-state index contributed by atoms with van der Waals surface area (Å²) in [5.41, 5.74) is 7.18. The van der Waals surface area contributed by atoms with Crippen LogP contribution in [-0.4, -0.2) is 27.5 Å². The van der Waals surface area contributed by atoms with Gasteiger partial charge in [-0.15, -0.1) is 0 Å². The van der Waals surface area contributed by atoms with Crippen LogP contribution >= 0.6 is 23.3 Å². The number of nitrogens with zero attached hydrogens (tertiary/aromatic N) is 3. The molecular formula is C11H12N4O2S2. The van der Waals surface area contributed by atoms with Crippen LogP contribution < -0.4 is 10.5 Å². The number of hydrogen-bond donors (Lipinski definition) is 2. The molecule has 0 unspecified atom stereocenters. The van der Waals surface area contributed by atoms with E-state index in [9.17, 15) is 0 Å². The molecule has 0 aliphatic heterocycles. The summed E-state index contributed by atoms with van der Waals surface area (Å²) in [4.78, 5) is 4.10. The van der Waals surface area contributed by atoms with E-state index in [0.29, 0.717) is 11.3 Å². The van der Waals surface area contributed by atoms with Crippen molar-refractivity contribution in [1.29, 1.82) is 0 Å². The highest BCUT2D eigenvalue weighted by Crippen LogP contribution is 2.29. The number of nitrogens with two attached hydrogens (primary N) is 1. The number of amidine groups is 1. The summed E-state index contributed by atoms with van der Waals surface area (Å²) in [6.45, 7) is 0. The zero-order chi connectivity index (χ0) is 13.7. The maximum Gasteiger partial charge on any atom is 0.170 e. The fourth-order valence-electron chi connectivity index (χ4n) is 1.47. The van der Waals surface area contributed by atoms with Gasteiger partial charge in [-0.05, 0) is 29.7 Å². The lowest BCUT2D eigenvalue weighted by Crippen LogP contribution is -2.13. The normalized spacial score (nSPS) is 11.5. The Balaban J connectivity index is 2.21. The van der Waals surface area contributed by atoms with Gasteiger partial charge in [0, 0.05) is 16.9 Å². The van der Waals surface area contributed by atoms with E-state index < -0.39 is 0 Å². The Hall–Kier alpha value is -1.80. The molecule has 2 rings (SSSR count). The first-order valence-electron chi connectivity index (χ1n) is 5.29. The second kappa shape index (κ2) is 6.39. The smallest absolute Gasteiger partial charge is 0.170 e. The molecule has 2 aromatic rings. The predicted molar refractivity (Wildman–Crippen MR) is 75.0 cm³/mol. The standard InChI is InChI=1S/C11H12N4O2S2/c1-17-9-3-2-7(10(12)15-16)4-8(9)5-18-11-13-6-14-19-11/h2-4,6,16H,5H2,1H3,(H2,12,15). The van der Waals surface area contributed by atoms with E-state index in [0.717, 1.165) is 15.7 Å². The highest BCUT2D eigenvalue weighted by Gasteiger charge is 2.09. The number of methoxy groups -OCH3 is 1. The first kappa shape index (κ1) is 13.6. The Morgan fingerprint density at radius 3 is 3.05 bits per heavy atom. The average Bonchev–Trinajstić information content (AvgIpc) is 2.97. The van der Waals surface area contributed by atoms with Gasteiger partial charge in [-0.25, -0.2) is 4.98 Å². The van der Waals surface area contributed by atoms with Crippen LogP contribution in [0.1, 0.15) is 11.1 Å². The third-order valence-electron chi connectivity index (χ3n) is 2.38. The lowest BCUT2D eigenvalue weighted by Gasteiger charge is -2.09. The van der Waals surface area contributed by atoms with Crippen LogP contribution in [0.5, 0.6) is 5.75 Å². The maximum absolute atomic E-state index is 8.70. The van der Waals surface area contributed by atoms with Crippen molar-refractivity contribution >= 4 is 29.1 Å². The number of oxime groups is 1. The van der Waals surface area contributed by atoms with Crippen LogP contribution in [0.25, 0.3) is 0 Å². The first-order chi connectivity index (χ1) is 9.24. The minimum Gasteiger partial charge on any atom is -0.496 e. The molecule has 0 amide bonds. The molecule has 8 heteroatoms. The summed E-state index contributed by atoms with van der Waals surface area (Å²) in [6, 6.07) is 5.37. The molecule has 0 aliphatic rings. The molecule has 1 aromatic heterocycles. The van der Waals surface area contributed by atoms with Gasteiger partial charge in [0.25, 0.3) is 0 Å². The van der Waals surface area contributed by atoms with Crippen LogP contribution in [0.2, 0.25) is 0 Å². The van der Waals surface area contributed by atoms with Crippen LogP contribution in [0.3, 0.4) is 0 Å². The molecule has 0 atom stereocenters. The summed E-state index contributed by atoms with van der Waals surface area (Å²) in [5, 5.41) is 11.7. The van der Waals surface area contributed by atoms with Crippen molar-refractivity contribution in [3.63, 3.8) is 0 Å². The predicted octanol–water partition coefficient (Wildman–Crippen LogP) is 1.93. The number of benzene rings is 1. The molecule has 100 valence electrons. The fourth-order valence-corrected chi connectivity index (χ4v) is 2.90. The van der Waals surface area contributed by atoms with Crippen LogP contribution in [0.15, 0.2) is 34.0 Å². The van der Waals surface area contributed by atoms with Crippen molar-refractivity contribution in [3.05, 3.63) is 35.7 Å². The van der Waals surface area contributed by atoms with Crippen molar-refractivity contribution in [1.82, 2.24) is 9.36 Å².